The van der Waals surface area contributed by atoms with Crippen LogP contribution in [0, 0.1) is 6.92 Å². The van der Waals surface area contributed by atoms with E-state index in [1.54, 1.807) is 0 Å². The normalized spacial score (nSPS) is 16.8. The molecule has 0 bridgehead atoms. The van der Waals surface area contributed by atoms with E-state index in [0.717, 1.165) is 23.2 Å². The molecule has 0 fully saturated rings. The van der Waals surface area contributed by atoms with Crippen molar-refractivity contribution in [3.05, 3.63) is 42.0 Å². The van der Waals surface area contributed by atoms with E-state index >= 15 is 0 Å². The van der Waals surface area contributed by atoms with Crippen LogP contribution in [0.1, 0.15) is 12.5 Å². The van der Waals surface area contributed by atoms with Crippen molar-refractivity contribution >= 4 is 53.3 Å². The molecule has 1 amide bonds. The Bertz CT molecular complexity index is 1630. The number of carbonyl (C=O) groups excluding carboxylic acids is 1. The van der Waals surface area contributed by atoms with E-state index in [0.29, 0.717) is 0 Å². The molecular weight excluding hydrogens is 568 g/mol. The van der Waals surface area contributed by atoms with E-state index in [9.17, 15) is 30.0 Å². The van der Waals surface area contributed by atoms with Gasteiger partial charge in [-0.1, -0.05) is 0 Å². The Labute approximate surface area is 218 Å². The first-order valence-corrected chi connectivity index (χ1v) is 14.9. The number of carbonyl (C=O) groups is 1. The summed E-state index contributed by atoms with van der Waals surface area (Å²) in [4.78, 5) is 12.4. The lowest BCUT2D eigenvalue weighted by molar-refractivity contribution is -0.117. The second-order valence-corrected chi connectivity index (χ2v) is 12.4. The summed E-state index contributed by atoms with van der Waals surface area (Å²) in [5, 5.41) is 13.2. The van der Waals surface area contributed by atoms with Crippen molar-refractivity contribution < 1.29 is 48.1 Å². The van der Waals surface area contributed by atoms with Crippen molar-refractivity contribution in [3.8, 4) is 5.75 Å². The van der Waals surface area contributed by atoms with Crippen LogP contribution in [0.5, 0.6) is 5.75 Å². The summed E-state index contributed by atoms with van der Waals surface area (Å²) in [6.07, 6.45) is 0. The number of azo groups is 1. The highest BCUT2D eigenvalue weighted by Gasteiger charge is 2.35. The highest BCUT2D eigenvalue weighted by atomic mass is 32.3. The Balaban J connectivity index is 1.83. The number of hydrazone groups is 1. The van der Waals surface area contributed by atoms with Crippen LogP contribution in [0.2, 0.25) is 0 Å². The third kappa shape index (κ3) is 6.77. The maximum absolute atomic E-state index is 12.9. The molecule has 0 aromatic heterocycles. The van der Waals surface area contributed by atoms with E-state index in [1.807, 2.05) is 0 Å². The summed E-state index contributed by atoms with van der Waals surface area (Å²) < 4.78 is 96.1. The lowest BCUT2D eigenvalue weighted by Gasteiger charge is -2.13. The van der Waals surface area contributed by atoms with Gasteiger partial charge in [0.15, 0.2) is 15.9 Å². The molecule has 3 rings (SSSR count). The predicted octanol–water partition coefficient (Wildman–Crippen LogP) is 1.72. The van der Waals surface area contributed by atoms with E-state index in [1.165, 1.54) is 39.2 Å². The fourth-order valence-corrected chi connectivity index (χ4v) is 5.58. The number of aryl methyl sites for hydroxylation is 1. The standard InChI is InChI=1S/C20H22N4O11S3/c1-12-10-16(17(34-3)11-18(12)36(26,27)9-8-35-38(31,32)33)21-22-19-13(2)23-24(20(19)25)14-4-6-15(7-5-14)37(28,29)30/h4-7,10-11,19H,8-9H2,1-3H3,(H,28,29,30)(H,31,32,33)/t19-/m0/s1. The zero-order chi connectivity index (χ0) is 28.5. The predicted molar refractivity (Wildman–Crippen MR) is 132 cm³/mol. The van der Waals surface area contributed by atoms with Gasteiger partial charge in [-0.3, -0.25) is 13.9 Å². The fourth-order valence-electron chi connectivity index (χ4n) is 3.34. The second kappa shape index (κ2) is 10.8. The Kier molecular flexibility index (Phi) is 8.34. The lowest BCUT2D eigenvalue weighted by atomic mass is 10.2. The van der Waals surface area contributed by atoms with Crippen LogP contribution in [0.4, 0.5) is 11.4 Å². The average molecular weight is 591 g/mol. The van der Waals surface area contributed by atoms with Gasteiger partial charge in [-0.25, -0.2) is 12.6 Å². The highest BCUT2D eigenvalue weighted by molar-refractivity contribution is 7.91. The molecule has 1 atom stereocenters. The molecule has 0 radical (unpaired) electrons. The largest absolute Gasteiger partial charge is 0.494 e. The van der Waals surface area contributed by atoms with Crippen molar-refractivity contribution in [1.29, 1.82) is 0 Å². The number of benzene rings is 2. The molecule has 0 unspecified atom stereocenters. The fraction of sp³-hybridized carbons (Fsp3) is 0.300. The molecule has 1 aliphatic rings. The Morgan fingerprint density at radius 2 is 1.66 bits per heavy atom. The van der Waals surface area contributed by atoms with Crippen LogP contribution in [-0.4, -0.2) is 71.5 Å². The number of hydrogen-bond acceptors (Lipinski definition) is 12. The first-order valence-electron chi connectivity index (χ1n) is 10.4. The molecule has 2 N–H and O–H groups in total. The molecule has 2 aromatic rings. The molecule has 0 spiro atoms. The zero-order valence-corrected chi connectivity index (χ0v) is 22.5. The SMILES string of the molecule is COc1cc(S(=O)(=O)CCOS(=O)(=O)O)c(C)cc1N=N[C@@H]1C(=O)N(c2ccc(S(=O)(=O)O)cc2)N=C1C. The van der Waals surface area contributed by atoms with Gasteiger partial charge in [-0.05, 0) is 49.7 Å². The van der Waals surface area contributed by atoms with Gasteiger partial charge in [0.25, 0.3) is 16.0 Å². The highest BCUT2D eigenvalue weighted by Crippen LogP contribution is 2.34. The number of anilines is 1. The van der Waals surface area contributed by atoms with Crippen molar-refractivity contribution in [2.24, 2.45) is 15.3 Å². The van der Waals surface area contributed by atoms with Crippen LogP contribution in [0.3, 0.4) is 0 Å². The first-order chi connectivity index (χ1) is 17.5. The number of methoxy groups -OCH3 is 1. The lowest BCUT2D eigenvalue weighted by Crippen LogP contribution is -2.29. The molecule has 206 valence electrons. The Hall–Kier alpha value is -3.29. The van der Waals surface area contributed by atoms with E-state index < -0.39 is 54.7 Å². The first kappa shape index (κ1) is 29.3. The quantitative estimate of drug-likeness (QED) is 0.300. The van der Waals surface area contributed by atoms with Gasteiger partial charge in [-0.2, -0.15) is 37.2 Å². The van der Waals surface area contributed by atoms with Gasteiger partial charge in [0.05, 0.1) is 40.7 Å². The van der Waals surface area contributed by atoms with Crippen LogP contribution in [0.25, 0.3) is 0 Å². The maximum Gasteiger partial charge on any atom is 0.397 e. The number of hydrogen-bond donors (Lipinski definition) is 2. The summed E-state index contributed by atoms with van der Waals surface area (Å²) in [5.74, 6) is -1.35. The summed E-state index contributed by atoms with van der Waals surface area (Å²) in [5.41, 5.74) is 0.803. The molecule has 0 aliphatic carbocycles. The van der Waals surface area contributed by atoms with E-state index in [2.05, 4.69) is 19.5 Å². The molecular formula is C20H22N4O11S3. The molecule has 0 saturated carbocycles. The summed E-state index contributed by atoms with van der Waals surface area (Å²) >= 11 is 0. The van der Waals surface area contributed by atoms with Crippen LogP contribution < -0.4 is 9.75 Å². The second-order valence-electron chi connectivity index (χ2n) is 7.84. The minimum atomic E-state index is -4.80. The average Bonchev–Trinajstić information content (AvgIpc) is 3.09. The van der Waals surface area contributed by atoms with Gasteiger partial charge in [0, 0.05) is 6.07 Å². The van der Waals surface area contributed by atoms with Crippen LogP contribution in [0.15, 0.2) is 61.5 Å². The topological polar surface area (TPSA) is 219 Å². The molecule has 15 nitrogen and oxygen atoms in total. The van der Waals surface area contributed by atoms with Gasteiger partial charge in [-0.15, -0.1) is 0 Å². The summed E-state index contributed by atoms with van der Waals surface area (Å²) in [6.45, 7) is 2.18. The molecule has 1 aliphatic heterocycles. The minimum absolute atomic E-state index is 0.00804. The molecule has 18 heteroatoms. The number of nitrogens with zero attached hydrogens (tertiary/aromatic N) is 4. The molecule has 38 heavy (non-hydrogen) atoms. The molecule has 0 saturated heterocycles. The maximum atomic E-state index is 12.9. The van der Waals surface area contributed by atoms with Crippen molar-refractivity contribution in [2.75, 3.05) is 24.5 Å². The van der Waals surface area contributed by atoms with E-state index in [-0.39, 0.29) is 38.2 Å². The van der Waals surface area contributed by atoms with Crippen molar-refractivity contribution in [1.82, 2.24) is 0 Å². The van der Waals surface area contributed by atoms with Crippen molar-refractivity contribution in [3.63, 3.8) is 0 Å². The number of sulfone groups is 1. The third-order valence-corrected chi connectivity index (χ3v) is 8.30. The Morgan fingerprint density at radius 3 is 2.21 bits per heavy atom. The van der Waals surface area contributed by atoms with Crippen LogP contribution >= 0.6 is 0 Å². The summed E-state index contributed by atoms with van der Waals surface area (Å²) in [6, 6.07) is 6.14. The van der Waals surface area contributed by atoms with E-state index in [4.69, 9.17) is 13.8 Å². The minimum Gasteiger partial charge on any atom is -0.494 e. The number of ether oxygens (including phenoxy) is 1. The Morgan fingerprint density at radius 1 is 1.03 bits per heavy atom. The number of amides is 1. The smallest absolute Gasteiger partial charge is 0.397 e. The van der Waals surface area contributed by atoms with Gasteiger partial charge >= 0.3 is 10.4 Å². The number of rotatable bonds is 10. The molecule has 1 heterocycles. The molecule has 2 aromatic carbocycles. The van der Waals surface area contributed by atoms with Gasteiger partial charge < -0.3 is 4.74 Å². The van der Waals surface area contributed by atoms with Gasteiger partial charge in [0.1, 0.15) is 11.4 Å². The van der Waals surface area contributed by atoms with Crippen molar-refractivity contribution in [2.45, 2.75) is 29.7 Å². The van der Waals surface area contributed by atoms with Crippen LogP contribution in [-0.2, 0) is 39.3 Å². The summed E-state index contributed by atoms with van der Waals surface area (Å²) in [7, 11) is -12.0. The zero-order valence-electron chi connectivity index (χ0n) is 20.0. The monoisotopic (exact) mass is 590 g/mol. The third-order valence-electron chi connectivity index (χ3n) is 5.15. The van der Waals surface area contributed by atoms with Gasteiger partial charge in [0.2, 0.25) is 0 Å².